The monoisotopic (exact) mass is 492 g/mol. The van der Waals surface area contributed by atoms with Gasteiger partial charge in [-0.05, 0) is 53.8 Å². The van der Waals surface area contributed by atoms with Crippen molar-refractivity contribution < 1.29 is 23.2 Å². The van der Waals surface area contributed by atoms with Crippen LogP contribution >= 0.6 is 7.60 Å². The highest BCUT2D eigenvalue weighted by atomic mass is 31.2. The van der Waals surface area contributed by atoms with Crippen molar-refractivity contribution >= 4 is 19.4 Å². The van der Waals surface area contributed by atoms with Crippen molar-refractivity contribution in [1.82, 2.24) is 5.32 Å². The molecule has 3 N–H and O–H groups in total. The van der Waals surface area contributed by atoms with Crippen molar-refractivity contribution in [2.45, 2.75) is 32.0 Å². The van der Waals surface area contributed by atoms with E-state index in [2.05, 4.69) is 5.32 Å². The molecule has 0 saturated carbocycles. The Hall–Kier alpha value is -3.25. The number of hydrogen-bond donors (Lipinski definition) is 2. The van der Waals surface area contributed by atoms with Gasteiger partial charge < -0.3 is 20.1 Å². The number of carbonyl (C=O) groups is 2. The lowest BCUT2D eigenvalue weighted by atomic mass is 9.88. The molecule has 1 aliphatic carbocycles. The van der Waals surface area contributed by atoms with Gasteiger partial charge in [-0.1, -0.05) is 60.7 Å². The van der Waals surface area contributed by atoms with Gasteiger partial charge in [0, 0.05) is 11.5 Å². The number of benzene rings is 3. The molecule has 0 saturated heterocycles. The highest BCUT2D eigenvalue weighted by Crippen LogP contribution is 2.51. The third-order valence-electron chi connectivity index (χ3n) is 6.05. The van der Waals surface area contributed by atoms with Crippen LogP contribution in [0.15, 0.2) is 72.8 Å². The van der Waals surface area contributed by atoms with Crippen LogP contribution in [0.25, 0.3) is 11.1 Å². The van der Waals surface area contributed by atoms with Crippen molar-refractivity contribution in [3.63, 3.8) is 0 Å². The normalized spacial score (nSPS) is 13.7. The topological polar surface area (TPSA) is 108 Å². The molecule has 1 aliphatic rings. The van der Waals surface area contributed by atoms with Crippen LogP contribution in [0.1, 0.15) is 46.8 Å². The molecule has 0 heterocycles. The van der Waals surface area contributed by atoms with E-state index >= 15 is 0 Å². The Morgan fingerprint density at radius 3 is 1.89 bits per heavy atom. The van der Waals surface area contributed by atoms with E-state index in [1.165, 1.54) is 0 Å². The third kappa shape index (κ3) is 5.22. The van der Waals surface area contributed by atoms with Crippen molar-refractivity contribution in [3.05, 3.63) is 95.1 Å². The van der Waals surface area contributed by atoms with E-state index in [9.17, 15) is 14.2 Å². The van der Waals surface area contributed by atoms with Gasteiger partial charge in [0.15, 0.2) is 0 Å². The first-order valence-electron chi connectivity index (χ1n) is 11.6. The number of fused-ring (bicyclic) bond motifs is 3. The second-order valence-corrected chi connectivity index (χ2v) is 10.4. The molecule has 8 heteroatoms. The summed E-state index contributed by atoms with van der Waals surface area (Å²) in [6.45, 7) is 4.07. The van der Waals surface area contributed by atoms with Gasteiger partial charge in [0.05, 0.1) is 19.4 Å². The van der Waals surface area contributed by atoms with Crippen molar-refractivity contribution in [3.8, 4) is 11.1 Å². The molecule has 2 amide bonds. The second kappa shape index (κ2) is 10.6. The van der Waals surface area contributed by atoms with Crippen LogP contribution in [-0.2, 0) is 24.6 Å². The number of primary amides is 1. The summed E-state index contributed by atoms with van der Waals surface area (Å²) in [4.78, 5) is 25.7. The Balaban J connectivity index is 1.56. The summed E-state index contributed by atoms with van der Waals surface area (Å²) in [5, 5.41) is 2.85. The maximum Gasteiger partial charge on any atom is 0.335 e. The minimum Gasteiger partial charge on any atom is -0.368 e. The fraction of sp³-hybridized carbons (Fsp3) is 0.259. The number of hydrogen-bond acceptors (Lipinski definition) is 5. The quantitative estimate of drug-likeness (QED) is 0.394. The molecule has 4 rings (SSSR count). The Morgan fingerprint density at radius 1 is 0.886 bits per heavy atom. The average Bonchev–Trinajstić information content (AvgIpc) is 3.17. The zero-order chi connectivity index (χ0) is 25.0. The molecular formula is C27H29N2O5P. The SMILES string of the molecule is CCOP(=O)(Cc1ccc(C(=O)N[C@@H](C(N)=O)C2c3ccccc3-c3ccccc32)cc1)OCC. The van der Waals surface area contributed by atoms with E-state index in [1.54, 1.807) is 38.1 Å². The van der Waals surface area contributed by atoms with E-state index < -0.39 is 25.5 Å². The van der Waals surface area contributed by atoms with E-state index in [4.69, 9.17) is 14.8 Å². The summed E-state index contributed by atoms with van der Waals surface area (Å²) in [6, 6.07) is 21.4. The second-order valence-electron chi connectivity index (χ2n) is 8.31. The molecule has 3 aromatic rings. The van der Waals surface area contributed by atoms with Gasteiger partial charge in [0.1, 0.15) is 6.04 Å². The molecule has 3 aromatic carbocycles. The van der Waals surface area contributed by atoms with E-state index in [0.717, 1.165) is 27.8 Å². The van der Waals surface area contributed by atoms with Crippen molar-refractivity contribution in [1.29, 1.82) is 0 Å². The summed E-state index contributed by atoms with van der Waals surface area (Å²) < 4.78 is 23.5. The molecule has 35 heavy (non-hydrogen) atoms. The Labute approximate surface area is 205 Å². The van der Waals surface area contributed by atoms with Crippen LogP contribution in [0.4, 0.5) is 0 Å². The van der Waals surface area contributed by atoms with Crippen LogP contribution < -0.4 is 11.1 Å². The molecule has 0 aliphatic heterocycles. The van der Waals surface area contributed by atoms with Crippen molar-refractivity contribution in [2.75, 3.05) is 13.2 Å². The third-order valence-corrected chi connectivity index (χ3v) is 8.11. The maximum absolute atomic E-state index is 13.1. The number of nitrogens with one attached hydrogen (secondary N) is 1. The summed E-state index contributed by atoms with van der Waals surface area (Å²) in [5.74, 6) is -1.41. The molecule has 0 radical (unpaired) electrons. The zero-order valence-electron chi connectivity index (χ0n) is 19.8. The van der Waals surface area contributed by atoms with Gasteiger partial charge in [-0.2, -0.15) is 0 Å². The minimum atomic E-state index is -3.25. The Bertz CT molecular complexity index is 1220. The number of amides is 2. The molecule has 182 valence electrons. The molecule has 0 bridgehead atoms. The largest absolute Gasteiger partial charge is 0.368 e. The first-order chi connectivity index (χ1) is 16.9. The Morgan fingerprint density at radius 2 is 1.40 bits per heavy atom. The van der Waals surface area contributed by atoms with Crippen molar-refractivity contribution in [2.24, 2.45) is 5.73 Å². The van der Waals surface area contributed by atoms with Crippen LogP contribution in [0.2, 0.25) is 0 Å². The maximum atomic E-state index is 13.1. The average molecular weight is 493 g/mol. The number of carbonyl (C=O) groups excluding carboxylic acids is 2. The summed E-state index contributed by atoms with van der Waals surface area (Å²) in [7, 11) is -3.25. The van der Waals surface area contributed by atoms with Crippen LogP contribution in [0.5, 0.6) is 0 Å². The molecule has 7 nitrogen and oxygen atoms in total. The van der Waals surface area contributed by atoms with Gasteiger partial charge in [0.2, 0.25) is 5.91 Å². The fourth-order valence-electron chi connectivity index (χ4n) is 4.60. The van der Waals surface area contributed by atoms with Crippen LogP contribution in [0, 0.1) is 0 Å². The molecule has 0 fully saturated rings. The lowest BCUT2D eigenvalue weighted by Crippen LogP contribution is -2.48. The fourth-order valence-corrected chi connectivity index (χ4v) is 6.31. The molecule has 1 atom stereocenters. The van der Waals surface area contributed by atoms with E-state index in [-0.39, 0.29) is 25.3 Å². The number of nitrogens with two attached hydrogens (primary N) is 1. The molecular weight excluding hydrogens is 463 g/mol. The van der Waals surface area contributed by atoms with E-state index in [1.807, 2.05) is 48.5 Å². The standard InChI is InChI=1S/C27H29N2O5P/c1-3-33-35(32,34-4-2)17-18-13-15-19(16-14-18)27(31)29-25(26(28)30)24-22-11-7-5-9-20(22)21-10-6-8-12-23(21)24/h5-16,24-25H,3-4,17H2,1-2H3,(H2,28,30)(H,29,31)/t25-/m1/s1. The lowest BCUT2D eigenvalue weighted by molar-refractivity contribution is -0.120. The van der Waals surface area contributed by atoms with Gasteiger partial charge in [-0.25, -0.2) is 0 Å². The lowest BCUT2D eigenvalue weighted by Gasteiger charge is -2.24. The van der Waals surface area contributed by atoms with Gasteiger partial charge in [-0.3, -0.25) is 14.2 Å². The molecule has 0 spiro atoms. The first kappa shape index (κ1) is 24.9. The minimum absolute atomic E-state index is 0.107. The highest BCUT2D eigenvalue weighted by molar-refractivity contribution is 7.53. The van der Waals surface area contributed by atoms with Gasteiger partial charge in [-0.15, -0.1) is 0 Å². The summed E-state index contributed by atoms with van der Waals surface area (Å²) in [6.07, 6.45) is 0.107. The highest BCUT2D eigenvalue weighted by Gasteiger charge is 2.38. The smallest absolute Gasteiger partial charge is 0.335 e. The summed E-state index contributed by atoms with van der Waals surface area (Å²) >= 11 is 0. The Kier molecular flexibility index (Phi) is 7.51. The first-order valence-corrected chi connectivity index (χ1v) is 13.3. The number of rotatable bonds is 10. The molecule has 0 aromatic heterocycles. The predicted octanol–water partition coefficient (Wildman–Crippen LogP) is 4.85. The van der Waals surface area contributed by atoms with Crippen LogP contribution in [0.3, 0.4) is 0 Å². The molecule has 0 unspecified atom stereocenters. The summed E-state index contributed by atoms with van der Waals surface area (Å²) in [5.41, 5.74) is 10.9. The van der Waals surface area contributed by atoms with Crippen LogP contribution in [-0.4, -0.2) is 31.1 Å². The zero-order valence-corrected chi connectivity index (χ0v) is 20.7. The predicted molar refractivity (Wildman–Crippen MR) is 135 cm³/mol. The van der Waals surface area contributed by atoms with Gasteiger partial charge in [0.25, 0.3) is 5.91 Å². The van der Waals surface area contributed by atoms with Gasteiger partial charge >= 0.3 is 7.60 Å². The van der Waals surface area contributed by atoms with E-state index in [0.29, 0.717) is 5.56 Å².